The minimum Gasteiger partial charge on any atom is -0.504 e. The molecule has 3 rings (SSSR count). The highest BCUT2D eigenvalue weighted by Gasteiger charge is 2.38. The number of aromatic hydroxyl groups is 1. The molecule has 2 fully saturated rings. The summed E-state index contributed by atoms with van der Waals surface area (Å²) in [5, 5.41) is 13.3. The van der Waals surface area contributed by atoms with Gasteiger partial charge in [-0.15, -0.1) is 0 Å². The van der Waals surface area contributed by atoms with Gasteiger partial charge in [0.05, 0.1) is 7.11 Å². The van der Waals surface area contributed by atoms with Crippen molar-refractivity contribution in [3.05, 3.63) is 18.2 Å². The molecule has 0 bridgehead atoms. The predicted octanol–water partition coefficient (Wildman–Crippen LogP) is 2.44. The van der Waals surface area contributed by atoms with E-state index in [4.69, 9.17) is 4.74 Å². The van der Waals surface area contributed by atoms with Crippen LogP contribution in [0, 0.1) is 0 Å². The second-order valence-corrected chi connectivity index (χ2v) is 5.74. The Balaban J connectivity index is 1.64. The molecule has 1 saturated carbocycles. The van der Waals surface area contributed by atoms with Crippen molar-refractivity contribution in [1.82, 2.24) is 4.90 Å². The minimum atomic E-state index is 0.192. The summed E-state index contributed by atoms with van der Waals surface area (Å²) in [4.78, 5) is 2.61. The number of anilines is 1. The molecule has 0 aromatic heterocycles. The maximum atomic E-state index is 9.79. The summed E-state index contributed by atoms with van der Waals surface area (Å²) in [5.41, 5.74) is 0.966. The number of nitrogens with zero attached hydrogens (tertiary/aromatic N) is 1. The predicted molar refractivity (Wildman–Crippen MR) is 75.9 cm³/mol. The Hall–Kier alpha value is -1.42. The number of nitrogens with one attached hydrogen (secondary N) is 1. The van der Waals surface area contributed by atoms with Crippen LogP contribution in [0.15, 0.2) is 18.2 Å². The number of hydrogen-bond donors (Lipinski definition) is 2. The van der Waals surface area contributed by atoms with Crippen LogP contribution in [0.3, 0.4) is 0 Å². The van der Waals surface area contributed by atoms with E-state index in [0.29, 0.717) is 17.8 Å². The van der Waals surface area contributed by atoms with E-state index >= 15 is 0 Å². The molecule has 1 aliphatic carbocycles. The lowest BCUT2D eigenvalue weighted by Crippen LogP contribution is -2.30. The first-order chi connectivity index (χ1) is 9.17. The van der Waals surface area contributed by atoms with Gasteiger partial charge in [-0.05, 0) is 38.3 Å². The molecule has 1 saturated heterocycles. The lowest BCUT2D eigenvalue weighted by molar-refractivity contribution is 0.257. The summed E-state index contributed by atoms with van der Waals surface area (Å²) in [5.74, 6) is 0.711. The van der Waals surface area contributed by atoms with E-state index in [-0.39, 0.29) is 5.75 Å². The van der Waals surface area contributed by atoms with Gasteiger partial charge in [-0.1, -0.05) is 0 Å². The Kier molecular flexibility index (Phi) is 3.27. The monoisotopic (exact) mass is 262 g/mol. The lowest BCUT2D eigenvalue weighted by Gasteiger charge is -2.20. The second-order valence-electron chi connectivity index (χ2n) is 5.74. The topological polar surface area (TPSA) is 44.7 Å². The molecule has 104 valence electrons. The normalized spacial score (nSPS) is 27.5. The molecule has 1 aliphatic heterocycles. The van der Waals surface area contributed by atoms with Gasteiger partial charge in [-0.25, -0.2) is 0 Å². The fraction of sp³-hybridized carbons (Fsp3) is 0.600. The lowest BCUT2D eigenvalue weighted by atomic mass is 10.2. The van der Waals surface area contributed by atoms with Crippen molar-refractivity contribution in [2.75, 3.05) is 19.0 Å². The fourth-order valence-corrected chi connectivity index (χ4v) is 3.09. The first kappa shape index (κ1) is 12.6. The summed E-state index contributed by atoms with van der Waals surface area (Å²) in [6, 6.07) is 7.47. The van der Waals surface area contributed by atoms with Crippen molar-refractivity contribution in [2.45, 2.75) is 44.3 Å². The molecule has 19 heavy (non-hydrogen) atoms. The van der Waals surface area contributed by atoms with Crippen molar-refractivity contribution in [1.29, 1.82) is 0 Å². The highest BCUT2D eigenvalue weighted by molar-refractivity contribution is 5.54. The van der Waals surface area contributed by atoms with Crippen molar-refractivity contribution in [3.63, 3.8) is 0 Å². The van der Waals surface area contributed by atoms with Gasteiger partial charge in [0.15, 0.2) is 11.5 Å². The van der Waals surface area contributed by atoms with E-state index in [1.807, 2.05) is 6.07 Å². The van der Waals surface area contributed by atoms with Gasteiger partial charge in [0.1, 0.15) is 0 Å². The largest absolute Gasteiger partial charge is 0.504 e. The third kappa shape index (κ3) is 2.63. The highest BCUT2D eigenvalue weighted by atomic mass is 16.5. The molecule has 2 N–H and O–H groups in total. The van der Waals surface area contributed by atoms with E-state index in [1.54, 1.807) is 19.2 Å². The van der Waals surface area contributed by atoms with Gasteiger partial charge in [0, 0.05) is 36.4 Å². The number of likely N-dealkylation sites (tertiary alicyclic amines) is 1. The van der Waals surface area contributed by atoms with E-state index in [2.05, 4.69) is 17.1 Å². The summed E-state index contributed by atoms with van der Waals surface area (Å²) in [7, 11) is 1.56. The number of phenols is 1. The van der Waals surface area contributed by atoms with E-state index in [9.17, 15) is 5.11 Å². The van der Waals surface area contributed by atoms with Gasteiger partial charge in [-0.2, -0.15) is 0 Å². The van der Waals surface area contributed by atoms with Crippen LogP contribution >= 0.6 is 0 Å². The van der Waals surface area contributed by atoms with Gasteiger partial charge in [0.25, 0.3) is 0 Å². The number of ether oxygens (including phenoxy) is 1. The zero-order valence-corrected chi connectivity index (χ0v) is 11.6. The zero-order chi connectivity index (χ0) is 13.4. The fourth-order valence-electron chi connectivity index (χ4n) is 3.09. The smallest absolute Gasteiger partial charge is 0.160 e. The Morgan fingerprint density at radius 1 is 1.37 bits per heavy atom. The maximum Gasteiger partial charge on any atom is 0.160 e. The van der Waals surface area contributed by atoms with Gasteiger partial charge in [-0.3, -0.25) is 4.90 Å². The van der Waals surface area contributed by atoms with Crippen molar-refractivity contribution in [3.8, 4) is 11.5 Å². The number of methoxy groups -OCH3 is 1. The SMILES string of the molecule is COc1ccc(NC2CC(C)N(C3CC3)C2)cc1O. The summed E-state index contributed by atoms with van der Waals surface area (Å²) >= 11 is 0. The second kappa shape index (κ2) is 4.93. The number of hydrogen-bond acceptors (Lipinski definition) is 4. The molecule has 0 radical (unpaired) electrons. The molecule has 1 heterocycles. The van der Waals surface area contributed by atoms with Gasteiger partial charge < -0.3 is 15.2 Å². The molecule has 2 atom stereocenters. The van der Waals surface area contributed by atoms with Gasteiger partial charge in [0.2, 0.25) is 0 Å². The minimum absolute atomic E-state index is 0.192. The van der Waals surface area contributed by atoms with Gasteiger partial charge >= 0.3 is 0 Å². The van der Waals surface area contributed by atoms with Crippen LogP contribution in [0.1, 0.15) is 26.2 Å². The first-order valence-electron chi connectivity index (χ1n) is 7.06. The van der Waals surface area contributed by atoms with Crippen LogP contribution < -0.4 is 10.1 Å². The highest BCUT2D eigenvalue weighted by Crippen LogP contribution is 2.35. The summed E-state index contributed by atoms with van der Waals surface area (Å²) < 4.78 is 5.06. The van der Waals surface area contributed by atoms with Crippen LogP contribution in [0.2, 0.25) is 0 Å². The molecule has 0 spiro atoms. The summed E-state index contributed by atoms with van der Waals surface area (Å²) in [6.07, 6.45) is 3.89. The van der Waals surface area contributed by atoms with Crippen molar-refractivity contribution in [2.24, 2.45) is 0 Å². The third-order valence-electron chi connectivity index (χ3n) is 4.19. The van der Waals surface area contributed by atoms with Crippen molar-refractivity contribution >= 4 is 5.69 Å². The quantitative estimate of drug-likeness (QED) is 0.875. The average molecular weight is 262 g/mol. The molecular formula is C15H22N2O2. The number of rotatable bonds is 4. The molecule has 2 aliphatic rings. The Bertz CT molecular complexity index is 459. The van der Waals surface area contributed by atoms with E-state index in [0.717, 1.165) is 18.3 Å². The third-order valence-corrected chi connectivity index (χ3v) is 4.19. The number of phenolic OH excluding ortho intramolecular Hbond substituents is 1. The molecule has 1 aromatic carbocycles. The maximum absolute atomic E-state index is 9.79. The average Bonchev–Trinajstić information content (AvgIpc) is 3.15. The Morgan fingerprint density at radius 3 is 2.79 bits per heavy atom. The van der Waals surface area contributed by atoms with E-state index < -0.39 is 0 Å². The van der Waals surface area contributed by atoms with Crippen LogP contribution in [0.25, 0.3) is 0 Å². The van der Waals surface area contributed by atoms with Crippen LogP contribution in [-0.2, 0) is 0 Å². The molecule has 4 heteroatoms. The molecule has 4 nitrogen and oxygen atoms in total. The van der Waals surface area contributed by atoms with E-state index in [1.165, 1.54) is 19.3 Å². The Morgan fingerprint density at radius 2 is 2.16 bits per heavy atom. The van der Waals surface area contributed by atoms with Crippen molar-refractivity contribution < 1.29 is 9.84 Å². The molecule has 1 aromatic rings. The number of benzene rings is 1. The molecular weight excluding hydrogens is 240 g/mol. The summed E-state index contributed by atoms with van der Waals surface area (Å²) in [6.45, 7) is 3.42. The zero-order valence-electron chi connectivity index (χ0n) is 11.6. The van der Waals surface area contributed by atoms with Crippen LogP contribution in [0.5, 0.6) is 11.5 Å². The standard InChI is InChI=1S/C15H22N2O2/c1-10-7-12(9-17(10)13-4-5-13)16-11-3-6-15(19-2)14(18)8-11/h3,6,8,10,12-13,16,18H,4-5,7,9H2,1-2H3. The van der Waals surface area contributed by atoms with Crippen LogP contribution in [-0.4, -0.2) is 41.8 Å². The van der Waals surface area contributed by atoms with Crippen LogP contribution in [0.4, 0.5) is 5.69 Å². The Labute approximate surface area is 114 Å². The first-order valence-corrected chi connectivity index (χ1v) is 7.06. The molecule has 0 amide bonds. The molecule has 2 unspecified atom stereocenters.